The quantitative estimate of drug-likeness (QED) is 0.112. The molecule has 1 fully saturated rings. The number of urea groups is 1. The highest BCUT2D eigenvalue weighted by atomic mass is 16.6. The van der Waals surface area contributed by atoms with Gasteiger partial charge in [0.1, 0.15) is 0 Å². The Kier molecular flexibility index (Phi) is 17.8. The second kappa shape index (κ2) is 20.8. The normalized spacial score (nSPS) is 22.7. The van der Waals surface area contributed by atoms with Gasteiger partial charge in [-0.25, -0.2) is 19.3 Å². The number of esters is 1. The lowest BCUT2D eigenvalue weighted by atomic mass is 9.68. The number of hydrogen-bond acceptors (Lipinski definition) is 6. The van der Waals surface area contributed by atoms with Gasteiger partial charge in [0.15, 0.2) is 0 Å². The molecule has 8 heteroatoms. The third-order valence-electron chi connectivity index (χ3n) is 8.91. The van der Waals surface area contributed by atoms with Crippen molar-refractivity contribution in [3.63, 3.8) is 0 Å². The van der Waals surface area contributed by atoms with E-state index in [1.54, 1.807) is 20.8 Å². The first-order valence-electron chi connectivity index (χ1n) is 17.2. The monoisotopic (exact) mass is 592 g/mol. The van der Waals surface area contributed by atoms with E-state index in [-0.39, 0.29) is 31.2 Å². The Balaban J connectivity index is 2.08. The standard InChI is InChI=1S/C34H60N2O6/c1-6-10-11-12-13-14-15-16-17-18-19-20-21-23-27-24-22-25-28(40-7-2)30(27)31-29(32(37)41-8-3)26(5)35-33(38)36(31)34(39)42-9-4/h27-28,30-31H,6-25H2,1-5H3,(H,35,38). The zero-order valence-corrected chi connectivity index (χ0v) is 27.3. The molecule has 4 unspecified atom stereocenters. The second-order valence-electron chi connectivity index (χ2n) is 12.0. The minimum atomic E-state index is -0.791. The fourth-order valence-electron chi connectivity index (χ4n) is 6.90. The van der Waals surface area contributed by atoms with Crippen LogP contribution in [0.3, 0.4) is 0 Å². The van der Waals surface area contributed by atoms with Crippen molar-refractivity contribution in [3.8, 4) is 0 Å². The SMILES string of the molecule is CCCCCCCCCCCCCCCC1CCCC(OCC)C1C1C(C(=O)OCC)=C(C)NC(=O)N1C(=O)OCC. The van der Waals surface area contributed by atoms with Crippen molar-refractivity contribution < 1.29 is 28.6 Å². The Bertz CT molecular complexity index is 842. The summed E-state index contributed by atoms with van der Waals surface area (Å²) in [5.74, 6) is -0.497. The number of amides is 3. The highest BCUT2D eigenvalue weighted by Gasteiger charge is 2.51. The first kappa shape index (κ1) is 36.1. The number of nitrogens with one attached hydrogen (secondary N) is 1. The number of allylic oxidation sites excluding steroid dienone is 1. The molecule has 8 nitrogen and oxygen atoms in total. The molecule has 2 aliphatic rings. The Morgan fingerprint density at radius 1 is 0.786 bits per heavy atom. The lowest BCUT2D eigenvalue weighted by Gasteiger charge is -2.47. The molecule has 0 spiro atoms. The van der Waals surface area contributed by atoms with Crippen LogP contribution >= 0.6 is 0 Å². The Hall–Kier alpha value is -2.09. The van der Waals surface area contributed by atoms with E-state index in [1.165, 1.54) is 77.0 Å². The summed E-state index contributed by atoms with van der Waals surface area (Å²) in [6.45, 7) is 10.3. The summed E-state index contributed by atoms with van der Waals surface area (Å²) in [4.78, 5) is 40.8. The molecular formula is C34H60N2O6. The molecule has 0 radical (unpaired) electrons. The molecule has 0 bridgehead atoms. The summed E-state index contributed by atoms with van der Waals surface area (Å²) >= 11 is 0. The van der Waals surface area contributed by atoms with E-state index in [2.05, 4.69) is 12.2 Å². The van der Waals surface area contributed by atoms with Crippen LogP contribution in [0.2, 0.25) is 0 Å². The van der Waals surface area contributed by atoms with Gasteiger partial charge in [-0.1, -0.05) is 96.8 Å². The summed E-state index contributed by atoms with van der Waals surface area (Å²) in [5.41, 5.74) is 0.765. The fraction of sp³-hybridized carbons (Fsp3) is 0.853. The number of hydrogen-bond donors (Lipinski definition) is 1. The van der Waals surface area contributed by atoms with Gasteiger partial charge in [-0.3, -0.25) is 0 Å². The lowest BCUT2D eigenvalue weighted by molar-refractivity contribution is -0.140. The van der Waals surface area contributed by atoms with Gasteiger partial charge in [-0.05, 0) is 52.9 Å². The van der Waals surface area contributed by atoms with E-state index in [9.17, 15) is 14.4 Å². The molecule has 0 aromatic rings. The van der Waals surface area contributed by atoms with E-state index in [0.29, 0.717) is 17.9 Å². The predicted molar refractivity (Wildman–Crippen MR) is 167 cm³/mol. The molecule has 1 saturated carbocycles. The Morgan fingerprint density at radius 2 is 1.36 bits per heavy atom. The molecule has 1 heterocycles. The van der Waals surface area contributed by atoms with Gasteiger partial charge in [-0.15, -0.1) is 0 Å². The van der Waals surface area contributed by atoms with Crippen LogP contribution in [-0.4, -0.2) is 55.0 Å². The molecule has 0 aromatic carbocycles. The highest BCUT2D eigenvalue weighted by Crippen LogP contribution is 2.43. The topological polar surface area (TPSA) is 94.2 Å². The molecule has 1 N–H and O–H groups in total. The molecular weight excluding hydrogens is 532 g/mol. The second-order valence-corrected chi connectivity index (χ2v) is 12.0. The lowest BCUT2D eigenvalue weighted by Crippen LogP contribution is -2.61. The fourth-order valence-corrected chi connectivity index (χ4v) is 6.90. The van der Waals surface area contributed by atoms with Crippen molar-refractivity contribution in [3.05, 3.63) is 11.3 Å². The summed E-state index contributed by atoms with van der Waals surface area (Å²) in [5, 5.41) is 2.71. The molecule has 0 aromatic heterocycles. The molecule has 242 valence electrons. The zero-order valence-electron chi connectivity index (χ0n) is 27.3. The largest absolute Gasteiger partial charge is 0.463 e. The van der Waals surface area contributed by atoms with Crippen molar-refractivity contribution in [2.24, 2.45) is 11.8 Å². The predicted octanol–water partition coefficient (Wildman–Crippen LogP) is 8.68. The first-order valence-corrected chi connectivity index (χ1v) is 17.2. The van der Waals surface area contributed by atoms with Crippen LogP contribution in [0.1, 0.15) is 144 Å². The van der Waals surface area contributed by atoms with Gasteiger partial charge in [0, 0.05) is 18.2 Å². The number of rotatable bonds is 20. The third-order valence-corrected chi connectivity index (χ3v) is 8.91. The maximum atomic E-state index is 13.3. The molecule has 2 rings (SSSR count). The van der Waals surface area contributed by atoms with Gasteiger partial charge in [0.2, 0.25) is 0 Å². The summed E-state index contributed by atoms with van der Waals surface area (Å²) in [6, 6.07) is -1.36. The summed E-state index contributed by atoms with van der Waals surface area (Å²) in [6.07, 6.45) is 19.9. The average Bonchev–Trinajstić information content (AvgIpc) is 2.95. The number of carbonyl (C=O) groups excluding carboxylic acids is 3. The van der Waals surface area contributed by atoms with Gasteiger partial charge in [-0.2, -0.15) is 0 Å². The first-order chi connectivity index (χ1) is 20.4. The highest BCUT2D eigenvalue weighted by molar-refractivity contribution is 6.00. The van der Waals surface area contributed by atoms with E-state index in [0.717, 1.165) is 37.0 Å². The minimum Gasteiger partial charge on any atom is -0.463 e. The van der Waals surface area contributed by atoms with Crippen LogP contribution < -0.4 is 5.32 Å². The van der Waals surface area contributed by atoms with Crippen molar-refractivity contribution in [2.75, 3.05) is 19.8 Å². The van der Waals surface area contributed by atoms with E-state index in [1.807, 2.05) is 6.92 Å². The van der Waals surface area contributed by atoms with Gasteiger partial charge >= 0.3 is 18.1 Å². The number of ether oxygens (including phenoxy) is 3. The number of carbonyl (C=O) groups is 3. The molecule has 4 atom stereocenters. The van der Waals surface area contributed by atoms with E-state index >= 15 is 0 Å². The van der Waals surface area contributed by atoms with Crippen LogP contribution in [0.5, 0.6) is 0 Å². The zero-order chi connectivity index (χ0) is 30.7. The number of unbranched alkanes of at least 4 members (excludes halogenated alkanes) is 12. The smallest absolute Gasteiger partial charge is 0.418 e. The van der Waals surface area contributed by atoms with E-state index in [4.69, 9.17) is 14.2 Å². The molecule has 0 saturated heterocycles. The molecule has 3 amide bonds. The van der Waals surface area contributed by atoms with Crippen LogP contribution in [0, 0.1) is 11.8 Å². The van der Waals surface area contributed by atoms with Gasteiger partial charge in [0.05, 0.1) is 30.9 Å². The maximum Gasteiger partial charge on any atom is 0.418 e. The third kappa shape index (κ3) is 11.2. The average molecular weight is 593 g/mol. The van der Waals surface area contributed by atoms with Crippen LogP contribution in [0.15, 0.2) is 11.3 Å². The van der Waals surface area contributed by atoms with Crippen molar-refractivity contribution >= 4 is 18.1 Å². The molecule has 1 aliphatic heterocycles. The van der Waals surface area contributed by atoms with Crippen molar-refractivity contribution in [1.82, 2.24) is 10.2 Å². The number of imide groups is 1. The van der Waals surface area contributed by atoms with Crippen molar-refractivity contribution in [2.45, 2.75) is 156 Å². The minimum absolute atomic E-state index is 0.134. The van der Waals surface area contributed by atoms with Gasteiger partial charge in [0.25, 0.3) is 0 Å². The summed E-state index contributed by atoms with van der Waals surface area (Å²) < 4.78 is 17.0. The van der Waals surface area contributed by atoms with Crippen molar-refractivity contribution in [1.29, 1.82) is 0 Å². The van der Waals surface area contributed by atoms with Crippen LogP contribution in [0.25, 0.3) is 0 Å². The Morgan fingerprint density at radius 3 is 1.90 bits per heavy atom. The van der Waals surface area contributed by atoms with Gasteiger partial charge < -0.3 is 19.5 Å². The maximum absolute atomic E-state index is 13.3. The molecule has 42 heavy (non-hydrogen) atoms. The summed E-state index contributed by atoms with van der Waals surface area (Å²) in [7, 11) is 0. The number of nitrogens with zero attached hydrogens (tertiary/aromatic N) is 1. The molecule has 1 aliphatic carbocycles. The Labute approximate surface area is 255 Å². The van der Waals surface area contributed by atoms with E-state index < -0.39 is 24.1 Å². The van der Waals surface area contributed by atoms with Crippen LogP contribution in [0.4, 0.5) is 9.59 Å². The van der Waals surface area contributed by atoms with Crippen LogP contribution in [-0.2, 0) is 19.0 Å².